The van der Waals surface area contributed by atoms with Crippen molar-refractivity contribution in [2.75, 3.05) is 0 Å². The van der Waals surface area contributed by atoms with Crippen LogP contribution in [0.2, 0.25) is 0 Å². The minimum absolute atomic E-state index is 0.0328. The van der Waals surface area contributed by atoms with Crippen LogP contribution >= 0.6 is 0 Å². The number of nitrogens with two attached hydrogens (primary N) is 1. The molecule has 1 aromatic heterocycles. The summed E-state index contributed by atoms with van der Waals surface area (Å²) in [6.07, 6.45) is -1.41. The summed E-state index contributed by atoms with van der Waals surface area (Å²) < 4.78 is 38.4. The molecule has 106 valence electrons. The van der Waals surface area contributed by atoms with Crippen molar-refractivity contribution in [3.63, 3.8) is 0 Å². The number of amides is 1. The molecule has 1 heterocycles. The van der Waals surface area contributed by atoms with Crippen LogP contribution in [0.3, 0.4) is 0 Å². The molecule has 3 N–H and O–H groups in total. The number of rotatable bonds is 5. The summed E-state index contributed by atoms with van der Waals surface area (Å²) in [4.78, 5) is 11.5. The lowest BCUT2D eigenvalue weighted by Crippen LogP contribution is -2.56. The lowest BCUT2D eigenvalue weighted by molar-refractivity contribution is -0.141. The number of hydrogen-bond acceptors (Lipinski definition) is 3. The molecule has 0 spiro atoms. The van der Waals surface area contributed by atoms with Gasteiger partial charge in [-0.3, -0.25) is 14.8 Å². The van der Waals surface area contributed by atoms with E-state index in [1.807, 2.05) is 0 Å². The van der Waals surface area contributed by atoms with Crippen molar-refractivity contribution in [2.45, 2.75) is 44.1 Å². The summed E-state index contributed by atoms with van der Waals surface area (Å²) in [6.45, 7) is 1.54. The van der Waals surface area contributed by atoms with Gasteiger partial charge in [0, 0.05) is 12.2 Å². The third kappa shape index (κ3) is 3.25. The van der Waals surface area contributed by atoms with Gasteiger partial charge in [0.2, 0.25) is 5.91 Å². The third-order valence-electron chi connectivity index (χ3n) is 3.05. The molecule has 0 aromatic carbocycles. The van der Waals surface area contributed by atoms with Crippen molar-refractivity contribution in [1.82, 2.24) is 15.1 Å². The molecule has 0 saturated heterocycles. The Morgan fingerprint density at radius 3 is 2.63 bits per heavy atom. The quantitative estimate of drug-likeness (QED) is 0.839. The van der Waals surface area contributed by atoms with Crippen LogP contribution in [-0.2, 0) is 17.5 Å². The highest BCUT2D eigenvalue weighted by molar-refractivity contribution is 5.84. The van der Waals surface area contributed by atoms with Crippen molar-refractivity contribution in [2.24, 2.45) is 5.73 Å². The molecule has 1 aliphatic carbocycles. The van der Waals surface area contributed by atoms with E-state index in [0.717, 1.165) is 23.6 Å². The van der Waals surface area contributed by atoms with Gasteiger partial charge in [0.15, 0.2) is 5.69 Å². The first-order valence-corrected chi connectivity index (χ1v) is 5.89. The number of nitrogens with one attached hydrogen (secondary N) is 1. The number of primary amides is 1. The molecule has 1 atom stereocenters. The fourth-order valence-electron chi connectivity index (χ4n) is 1.80. The molecule has 1 fully saturated rings. The van der Waals surface area contributed by atoms with E-state index in [-0.39, 0.29) is 12.6 Å². The zero-order valence-corrected chi connectivity index (χ0v) is 10.4. The molecule has 0 bridgehead atoms. The van der Waals surface area contributed by atoms with Gasteiger partial charge in [0.25, 0.3) is 0 Å². The highest BCUT2D eigenvalue weighted by Crippen LogP contribution is 2.28. The molecule has 19 heavy (non-hydrogen) atoms. The Morgan fingerprint density at radius 1 is 1.58 bits per heavy atom. The fourth-order valence-corrected chi connectivity index (χ4v) is 1.80. The van der Waals surface area contributed by atoms with E-state index in [1.54, 1.807) is 6.92 Å². The molecule has 5 nitrogen and oxygen atoms in total. The van der Waals surface area contributed by atoms with Gasteiger partial charge in [0.1, 0.15) is 5.54 Å². The van der Waals surface area contributed by atoms with E-state index in [9.17, 15) is 18.0 Å². The van der Waals surface area contributed by atoms with E-state index in [0.29, 0.717) is 0 Å². The first-order valence-electron chi connectivity index (χ1n) is 5.89. The summed E-state index contributed by atoms with van der Waals surface area (Å²) >= 11 is 0. The van der Waals surface area contributed by atoms with Crippen LogP contribution < -0.4 is 11.1 Å². The predicted molar refractivity (Wildman–Crippen MR) is 61.0 cm³/mol. The van der Waals surface area contributed by atoms with Gasteiger partial charge in [-0.05, 0) is 25.8 Å². The molecule has 1 unspecified atom stereocenters. The molecule has 1 aliphatic rings. The lowest BCUT2D eigenvalue weighted by atomic mass is 10.0. The van der Waals surface area contributed by atoms with Crippen molar-refractivity contribution in [3.8, 4) is 0 Å². The number of halogens is 3. The van der Waals surface area contributed by atoms with Crippen molar-refractivity contribution in [1.29, 1.82) is 0 Å². The maximum atomic E-state index is 12.4. The van der Waals surface area contributed by atoms with E-state index < -0.39 is 23.3 Å². The Balaban J connectivity index is 2.12. The minimum atomic E-state index is -4.49. The number of hydrogen-bond donors (Lipinski definition) is 2. The summed E-state index contributed by atoms with van der Waals surface area (Å²) in [5.74, 6) is -0.608. The molecule has 1 saturated carbocycles. The molecule has 1 aromatic rings. The number of aromatic nitrogens is 2. The van der Waals surface area contributed by atoms with Crippen LogP contribution in [0, 0.1) is 0 Å². The normalized spacial score (nSPS) is 19.2. The topological polar surface area (TPSA) is 72.9 Å². The largest absolute Gasteiger partial charge is 0.435 e. The van der Waals surface area contributed by atoms with Crippen LogP contribution in [0.1, 0.15) is 25.5 Å². The zero-order valence-electron chi connectivity index (χ0n) is 10.4. The summed E-state index contributed by atoms with van der Waals surface area (Å²) in [7, 11) is 0. The van der Waals surface area contributed by atoms with Crippen molar-refractivity contribution in [3.05, 3.63) is 18.0 Å². The first kappa shape index (κ1) is 13.9. The summed E-state index contributed by atoms with van der Waals surface area (Å²) in [5, 5.41) is 6.47. The Kier molecular flexibility index (Phi) is 3.29. The monoisotopic (exact) mass is 276 g/mol. The molecular weight excluding hydrogens is 261 g/mol. The number of nitrogens with zero attached hydrogens (tertiary/aromatic N) is 2. The number of alkyl halides is 3. The van der Waals surface area contributed by atoms with Crippen molar-refractivity contribution < 1.29 is 18.0 Å². The zero-order chi connectivity index (χ0) is 14.3. The second-order valence-corrected chi connectivity index (χ2v) is 5.01. The Bertz CT molecular complexity index is 481. The van der Waals surface area contributed by atoms with Crippen molar-refractivity contribution >= 4 is 5.91 Å². The van der Waals surface area contributed by atoms with E-state index in [2.05, 4.69) is 10.4 Å². The highest BCUT2D eigenvalue weighted by atomic mass is 19.4. The molecule has 2 rings (SSSR count). The van der Waals surface area contributed by atoms with E-state index in [4.69, 9.17) is 5.73 Å². The first-order chi connectivity index (χ1) is 8.71. The van der Waals surface area contributed by atoms with Gasteiger partial charge in [-0.1, -0.05) is 0 Å². The summed E-state index contributed by atoms with van der Waals surface area (Å²) in [5.41, 5.74) is 3.24. The SMILES string of the molecule is CC(Cn1ccc(C(F)(F)F)n1)(NC1CC1)C(N)=O. The second-order valence-electron chi connectivity index (χ2n) is 5.01. The molecular formula is C11H15F3N4O. The molecule has 8 heteroatoms. The van der Waals surface area contributed by atoms with Crippen LogP contribution in [0.4, 0.5) is 13.2 Å². The maximum absolute atomic E-state index is 12.4. The van der Waals surface area contributed by atoms with Gasteiger partial charge in [0.05, 0.1) is 6.54 Å². The molecule has 0 aliphatic heterocycles. The van der Waals surface area contributed by atoms with Gasteiger partial charge in [-0.2, -0.15) is 18.3 Å². The standard InChI is InChI=1S/C11H15F3N4O/c1-10(9(15)19,16-7-2-3-7)6-18-5-4-8(17-18)11(12,13)14/h4-5,7,16H,2-3,6H2,1H3,(H2,15,19). The third-order valence-corrected chi connectivity index (χ3v) is 3.05. The maximum Gasteiger partial charge on any atom is 0.435 e. The number of carbonyl (C=O) groups excluding carboxylic acids is 1. The number of carbonyl (C=O) groups is 1. The Morgan fingerprint density at radius 2 is 2.21 bits per heavy atom. The second kappa shape index (κ2) is 4.52. The van der Waals surface area contributed by atoms with Gasteiger partial charge in [-0.25, -0.2) is 0 Å². The Labute approximate surface area is 108 Å². The molecule has 0 radical (unpaired) electrons. The van der Waals surface area contributed by atoms with Crippen LogP contribution in [0.25, 0.3) is 0 Å². The van der Waals surface area contributed by atoms with E-state index >= 15 is 0 Å². The fraction of sp³-hybridized carbons (Fsp3) is 0.636. The average molecular weight is 276 g/mol. The van der Waals surface area contributed by atoms with Gasteiger partial charge >= 0.3 is 6.18 Å². The van der Waals surface area contributed by atoms with E-state index in [1.165, 1.54) is 6.20 Å². The van der Waals surface area contributed by atoms with Crippen LogP contribution in [0.5, 0.6) is 0 Å². The highest BCUT2D eigenvalue weighted by Gasteiger charge is 2.39. The Hall–Kier alpha value is -1.57. The van der Waals surface area contributed by atoms with Crippen LogP contribution in [0.15, 0.2) is 12.3 Å². The smallest absolute Gasteiger partial charge is 0.368 e. The van der Waals surface area contributed by atoms with Gasteiger partial charge in [-0.15, -0.1) is 0 Å². The van der Waals surface area contributed by atoms with Crippen LogP contribution in [-0.4, -0.2) is 27.3 Å². The molecule has 1 amide bonds. The average Bonchev–Trinajstić information content (AvgIpc) is 2.92. The van der Waals surface area contributed by atoms with Gasteiger partial charge < -0.3 is 5.73 Å². The minimum Gasteiger partial charge on any atom is -0.368 e. The summed E-state index contributed by atoms with van der Waals surface area (Å²) in [6, 6.07) is 1.08. The lowest BCUT2D eigenvalue weighted by Gasteiger charge is -2.27. The predicted octanol–water partition coefficient (Wildman–Crippen LogP) is 0.898.